The maximum Gasteiger partial charge on any atom is 0.293 e. The van der Waals surface area contributed by atoms with Gasteiger partial charge < -0.3 is 5.32 Å². The van der Waals surface area contributed by atoms with E-state index in [4.69, 9.17) is 23.2 Å². The van der Waals surface area contributed by atoms with E-state index in [2.05, 4.69) is 20.5 Å². The number of amides is 1. The molecule has 0 radical (unpaired) electrons. The molecule has 0 fully saturated rings. The lowest BCUT2D eigenvalue weighted by atomic mass is 10.3. The Morgan fingerprint density at radius 2 is 2.00 bits per heavy atom. The topological polar surface area (TPSA) is 70.7 Å². The summed E-state index contributed by atoms with van der Waals surface area (Å²) >= 11 is 11.5. The first-order chi connectivity index (χ1) is 8.08. The SMILES string of the molecule is O=C(Nc1c(Cl)cc(F)cc1Cl)c1ncn[nH]1. The highest BCUT2D eigenvalue weighted by Crippen LogP contribution is 2.31. The monoisotopic (exact) mass is 274 g/mol. The summed E-state index contributed by atoms with van der Waals surface area (Å²) in [7, 11) is 0. The first-order valence-corrected chi connectivity index (χ1v) is 5.15. The summed E-state index contributed by atoms with van der Waals surface area (Å²) in [6.45, 7) is 0. The number of rotatable bonds is 2. The van der Waals surface area contributed by atoms with Crippen LogP contribution in [0.4, 0.5) is 10.1 Å². The lowest BCUT2D eigenvalue weighted by Gasteiger charge is -2.07. The molecule has 88 valence electrons. The Labute approximate surface area is 105 Å². The van der Waals surface area contributed by atoms with E-state index in [9.17, 15) is 9.18 Å². The number of aromatic amines is 1. The first-order valence-electron chi connectivity index (χ1n) is 4.39. The van der Waals surface area contributed by atoms with E-state index in [-0.39, 0.29) is 21.6 Å². The van der Waals surface area contributed by atoms with E-state index in [0.29, 0.717) is 0 Å². The van der Waals surface area contributed by atoms with Crippen molar-refractivity contribution in [1.29, 1.82) is 0 Å². The molecule has 0 aliphatic rings. The summed E-state index contributed by atoms with van der Waals surface area (Å²) in [5.41, 5.74) is 0.121. The number of H-pyrrole nitrogens is 1. The molecule has 0 aliphatic carbocycles. The van der Waals surface area contributed by atoms with Crippen LogP contribution in [-0.4, -0.2) is 21.1 Å². The molecule has 0 saturated carbocycles. The molecule has 5 nitrogen and oxygen atoms in total. The van der Waals surface area contributed by atoms with Gasteiger partial charge in [-0.1, -0.05) is 23.2 Å². The molecule has 0 spiro atoms. The fourth-order valence-corrected chi connectivity index (χ4v) is 1.70. The van der Waals surface area contributed by atoms with Gasteiger partial charge in [-0.2, -0.15) is 5.10 Å². The molecule has 0 aliphatic heterocycles. The molecule has 0 saturated heterocycles. The second-order valence-corrected chi connectivity index (χ2v) is 3.85. The van der Waals surface area contributed by atoms with Crippen molar-refractivity contribution in [2.45, 2.75) is 0 Å². The Hall–Kier alpha value is -1.66. The number of nitrogens with zero attached hydrogens (tertiary/aromatic N) is 2. The zero-order chi connectivity index (χ0) is 12.4. The number of aromatic nitrogens is 3. The standard InChI is InChI=1S/C9H5Cl2FN4O/c10-5-1-4(12)2-6(11)7(5)15-9(17)8-13-3-14-16-8/h1-3H,(H,15,17)(H,13,14,16). The Bertz CT molecular complexity index is 535. The molecule has 2 rings (SSSR count). The smallest absolute Gasteiger partial charge is 0.293 e. The Morgan fingerprint density at radius 3 is 2.53 bits per heavy atom. The molecule has 2 aromatic rings. The highest BCUT2D eigenvalue weighted by molar-refractivity contribution is 6.39. The minimum Gasteiger partial charge on any atom is -0.317 e. The van der Waals surface area contributed by atoms with Gasteiger partial charge in [0.15, 0.2) is 0 Å². The first kappa shape index (κ1) is 11.8. The van der Waals surface area contributed by atoms with Gasteiger partial charge in [0.2, 0.25) is 5.82 Å². The molecular weight excluding hydrogens is 270 g/mol. The van der Waals surface area contributed by atoms with Gasteiger partial charge in [-0.25, -0.2) is 9.37 Å². The Morgan fingerprint density at radius 1 is 1.35 bits per heavy atom. The summed E-state index contributed by atoms with van der Waals surface area (Å²) in [6, 6.07) is 2.09. The second-order valence-electron chi connectivity index (χ2n) is 3.03. The van der Waals surface area contributed by atoms with E-state index in [1.165, 1.54) is 6.33 Å². The molecular formula is C9H5Cl2FN4O. The van der Waals surface area contributed by atoms with Crippen molar-refractivity contribution in [2.24, 2.45) is 0 Å². The predicted molar refractivity (Wildman–Crippen MR) is 60.8 cm³/mol. The quantitative estimate of drug-likeness (QED) is 0.884. The number of carbonyl (C=O) groups excluding carboxylic acids is 1. The van der Waals surface area contributed by atoms with Gasteiger partial charge in [0.05, 0.1) is 15.7 Å². The molecule has 1 amide bonds. The van der Waals surface area contributed by atoms with Crippen LogP contribution in [0.1, 0.15) is 10.6 Å². The molecule has 17 heavy (non-hydrogen) atoms. The van der Waals surface area contributed by atoms with Crippen molar-refractivity contribution in [2.75, 3.05) is 5.32 Å². The second kappa shape index (κ2) is 4.68. The number of nitrogens with one attached hydrogen (secondary N) is 2. The van der Waals surface area contributed by atoms with E-state index >= 15 is 0 Å². The zero-order valence-electron chi connectivity index (χ0n) is 8.17. The number of halogens is 3. The van der Waals surface area contributed by atoms with Crippen molar-refractivity contribution in [3.05, 3.63) is 40.1 Å². The largest absolute Gasteiger partial charge is 0.317 e. The van der Waals surface area contributed by atoms with Crippen LogP contribution in [0.15, 0.2) is 18.5 Å². The summed E-state index contributed by atoms with van der Waals surface area (Å²) in [6.07, 6.45) is 1.18. The number of hydrogen-bond acceptors (Lipinski definition) is 3. The van der Waals surface area contributed by atoms with Crippen LogP contribution < -0.4 is 5.32 Å². The van der Waals surface area contributed by atoms with Crippen LogP contribution in [0.2, 0.25) is 10.0 Å². The zero-order valence-corrected chi connectivity index (χ0v) is 9.68. The van der Waals surface area contributed by atoms with Crippen LogP contribution in [0, 0.1) is 5.82 Å². The molecule has 2 N–H and O–H groups in total. The molecule has 8 heteroatoms. The van der Waals surface area contributed by atoms with E-state index in [1.54, 1.807) is 0 Å². The van der Waals surface area contributed by atoms with Gasteiger partial charge in [-0.3, -0.25) is 9.89 Å². The van der Waals surface area contributed by atoms with Crippen LogP contribution in [0.3, 0.4) is 0 Å². The van der Waals surface area contributed by atoms with Crippen molar-refractivity contribution < 1.29 is 9.18 Å². The fourth-order valence-electron chi connectivity index (χ4n) is 1.15. The highest BCUT2D eigenvalue weighted by atomic mass is 35.5. The summed E-state index contributed by atoms with van der Waals surface area (Å²) in [5.74, 6) is -1.16. The van der Waals surface area contributed by atoms with E-state index < -0.39 is 11.7 Å². The third-order valence-corrected chi connectivity index (χ3v) is 2.47. The van der Waals surface area contributed by atoms with Crippen LogP contribution in [0.25, 0.3) is 0 Å². The number of hydrogen-bond donors (Lipinski definition) is 2. The van der Waals surface area contributed by atoms with Gasteiger partial charge in [0.25, 0.3) is 5.91 Å². The fraction of sp³-hybridized carbons (Fsp3) is 0. The third-order valence-electron chi connectivity index (χ3n) is 1.88. The van der Waals surface area contributed by atoms with Crippen molar-refractivity contribution in [3.63, 3.8) is 0 Å². The minimum atomic E-state index is -0.585. The average molecular weight is 275 g/mol. The molecule has 0 bridgehead atoms. The summed E-state index contributed by atoms with van der Waals surface area (Å²) in [4.78, 5) is 15.3. The van der Waals surface area contributed by atoms with Crippen LogP contribution in [0.5, 0.6) is 0 Å². The normalized spacial score (nSPS) is 10.3. The number of benzene rings is 1. The van der Waals surface area contributed by atoms with Gasteiger partial charge in [0, 0.05) is 0 Å². The van der Waals surface area contributed by atoms with Crippen LogP contribution >= 0.6 is 23.2 Å². The molecule has 1 aromatic heterocycles. The lowest BCUT2D eigenvalue weighted by Crippen LogP contribution is -2.14. The average Bonchev–Trinajstić information content (AvgIpc) is 2.76. The van der Waals surface area contributed by atoms with E-state index in [1.807, 2.05) is 0 Å². The van der Waals surface area contributed by atoms with Gasteiger partial charge >= 0.3 is 0 Å². The van der Waals surface area contributed by atoms with Crippen molar-refractivity contribution in [3.8, 4) is 0 Å². The number of carbonyl (C=O) groups is 1. The third kappa shape index (κ3) is 2.54. The molecule has 0 atom stereocenters. The Balaban J connectivity index is 2.28. The highest BCUT2D eigenvalue weighted by Gasteiger charge is 2.14. The van der Waals surface area contributed by atoms with Crippen LogP contribution in [-0.2, 0) is 0 Å². The van der Waals surface area contributed by atoms with Gasteiger partial charge in [-0.05, 0) is 12.1 Å². The van der Waals surface area contributed by atoms with Gasteiger partial charge in [-0.15, -0.1) is 0 Å². The number of anilines is 1. The summed E-state index contributed by atoms with van der Waals surface area (Å²) in [5, 5.41) is 8.31. The van der Waals surface area contributed by atoms with Crippen molar-refractivity contribution in [1.82, 2.24) is 15.2 Å². The predicted octanol–water partition coefficient (Wildman–Crippen LogP) is 2.50. The molecule has 0 unspecified atom stereocenters. The lowest BCUT2D eigenvalue weighted by molar-refractivity contribution is 0.101. The minimum absolute atomic E-state index is 0.00135. The molecule has 1 heterocycles. The van der Waals surface area contributed by atoms with E-state index in [0.717, 1.165) is 12.1 Å². The maximum absolute atomic E-state index is 12.9. The summed E-state index contributed by atoms with van der Waals surface area (Å²) < 4.78 is 12.9. The maximum atomic E-state index is 12.9. The Kier molecular flexibility index (Phi) is 3.26. The van der Waals surface area contributed by atoms with Gasteiger partial charge in [0.1, 0.15) is 12.1 Å². The van der Waals surface area contributed by atoms with Crippen molar-refractivity contribution >= 4 is 34.8 Å². The molecule has 1 aromatic carbocycles.